The summed E-state index contributed by atoms with van der Waals surface area (Å²) in [5, 5.41) is 1.06. The Bertz CT molecular complexity index is 456. The van der Waals surface area contributed by atoms with Crippen LogP contribution in [0.15, 0.2) is 30.3 Å². The van der Waals surface area contributed by atoms with Crippen LogP contribution < -0.4 is 3.79 Å². The van der Waals surface area contributed by atoms with Gasteiger partial charge in [0.15, 0.2) is 0 Å². The molecule has 2 nitrogen and oxygen atoms in total. The van der Waals surface area contributed by atoms with Gasteiger partial charge in [-0.3, -0.25) is 0 Å². The molecule has 0 saturated carbocycles. The normalized spacial score (nSPS) is 10.4. The summed E-state index contributed by atoms with van der Waals surface area (Å²) in [5.74, 6) is 0.753. The minimum atomic E-state index is 0.446. The van der Waals surface area contributed by atoms with E-state index in [1.54, 1.807) is 0 Å². The van der Waals surface area contributed by atoms with Gasteiger partial charge in [-0.15, -0.1) is 0 Å². The molecular formula is C11H8AlNO. The van der Waals surface area contributed by atoms with Gasteiger partial charge < -0.3 is 3.79 Å². The highest BCUT2D eigenvalue weighted by molar-refractivity contribution is 6.01. The van der Waals surface area contributed by atoms with Gasteiger partial charge in [0, 0.05) is 11.1 Å². The number of rotatable bonds is 2. The number of benzene rings is 1. The van der Waals surface area contributed by atoms with Crippen molar-refractivity contribution < 1.29 is 3.79 Å². The Morgan fingerprint density at radius 3 is 2.86 bits per heavy atom. The number of pyridine rings is 1. The molecule has 4 radical (unpaired) electrons. The van der Waals surface area contributed by atoms with Gasteiger partial charge in [-0.1, -0.05) is 18.2 Å². The first-order valence-corrected chi connectivity index (χ1v) is 4.77. The van der Waals surface area contributed by atoms with Crippen molar-refractivity contribution in [3.63, 3.8) is 0 Å². The van der Waals surface area contributed by atoms with E-state index < -0.39 is 0 Å². The molecule has 0 bridgehead atoms. The molecule has 2 aromatic rings. The van der Waals surface area contributed by atoms with Crippen molar-refractivity contribution in [1.29, 1.82) is 0 Å². The second-order valence-corrected chi connectivity index (χ2v) is 3.19. The number of para-hydroxylation sites is 1. The van der Waals surface area contributed by atoms with Crippen LogP contribution >= 0.6 is 0 Å². The fraction of sp³-hybridized carbons (Fsp3) is 0.0909. The van der Waals surface area contributed by atoms with Gasteiger partial charge >= 0.3 is 16.6 Å². The van der Waals surface area contributed by atoms with Crippen molar-refractivity contribution in [1.82, 2.24) is 4.98 Å². The molecule has 1 aromatic heterocycles. The number of aromatic nitrogens is 1. The van der Waals surface area contributed by atoms with Crippen LogP contribution in [0.4, 0.5) is 0 Å². The lowest BCUT2D eigenvalue weighted by molar-refractivity contribution is 0.622. The lowest BCUT2D eigenvalue weighted by atomic mass is 10.2. The van der Waals surface area contributed by atoms with Crippen molar-refractivity contribution >= 4 is 27.5 Å². The average Bonchev–Trinajstić information content (AvgIpc) is 2.27. The van der Waals surface area contributed by atoms with Gasteiger partial charge in [0.1, 0.15) is 11.3 Å². The van der Waals surface area contributed by atoms with Crippen LogP contribution in [0.5, 0.6) is 5.75 Å². The summed E-state index contributed by atoms with van der Waals surface area (Å²) >= 11 is 2.23. The first kappa shape index (κ1) is 9.51. The van der Waals surface area contributed by atoms with E-state index in [0.717, 1.165) is 22.3 Å². The molecule has 14 heavy (non-hydrogen) atoms. The lowest BCUT2D eigenvalue weighted by Crippen LogP contribution is -1.92. The molecule has 1 aromatic carbocycles. The highest BCUT2D eigenvalue weighted by Gasteiger charge is 2.01. The van der Waals surface area contributed by atoms with Crippen LogP contribution in [0, 0.1) is 6.92 Å². The van der Waals surface area contributed by atoms with Crippen molar-refractivity contribution in [3.05, 3.63) is 42.9 Å². The topological polar surface area (TPSA) is 22.1 Å². The van der Waals surface area contributed by atoms with Crippen LogP contribution in [0.3, 0.4) is 0 Å². The third-order valence-corrected chi connectivity index (χ3v) is 2.33. The molecule has 0 N–H and O–H groups in total. The number of nitrogens with zero attached hydrogens (tertiary/aromatic N) is 1. The largest absolute Gasteiger partial charge is 0.652 e. The molecule has 3 heteroatoms. The minimum Gasteiger partial charge on any atom is -0.652 e. The summed E-state index contributed by atoms with van der Waals surface area (Å²) in [7, 11) is 0. The zero-order valence-electron chi connectivity index (χ0n) is 7.60. The molecular weight excluding hydrogens is 189 g/mol. The summed E-state index contributed by atoms with van der Waals surface area (Å²) in [6.07, 6.45) is 0.446. The second kappa shape index (κ2) is 4.00. The predicted molar refractivity (Wildman–Crippen MR) is 56.1 cm³/mol. The molecule has 0 aliphatic heterocycles. The Morgan fingerprint density at radius 1 is 1.29 bits per heavy atom. The fourth-order valence-corrected chi connectivity index (χ4v) is 1.56. The van der Waals surface area contributed by atoms with Gasteiger partial charge in [-0.2, -0.15) is 0 Å². The van der Waals surface area contributed by atoms with E-state index in [-0.39, 0.29) is 0 Å². The lowest BCUT2D eigenvalue weighted by Gasteiger charge is -2.07. The second-order valence-electron chi connectivity index (χ2n) is 2.95. The third kappa shape index (κ3) is 1.61. The first-order chi connectivity index (χ1) is 6.85. The van der Waals surface area contributed by atoms with Gasteiger partial charge in [0.05, 0.1) is 0 Å². The van der Waals surface area contributed by atoms with Crippen LogP contribution in [0.1, 0.15) is 5.69 Å². The van der Waals surface area contributed by atoms with Crippen molar-refractivity contribution in [2.45, 2.75) is 6.42 Å². The molecule has 0 atom stereocenters. The number of hydrogen-bond acceptors (Lipinski definition) is 2. The summed E-state index contributed by atoms with van der Waals surface area (Å²) in [5.41, 5.74) is 1.72. The van der Waals surface area contributed by atoms with E-state index in [2.05, 4.69) is 21.6 Å². The minimum absolute atomic E-state index is 0.446. The first-order valence-electron chi connectivity index (χ1n) is 4.30. The summed E-state index contributed by atoms with van der Waals surface area (Å²) in [6, 6.07) is 9.73. The predicted octanol–water partition coefficient (Wildman–Crippen LogP) is 1.95. The zero-order valence-corrected chi connectivity index (χ0v) is 8.76. The maximum absolute atomic E-state index is 5.52. The van der Waals surface area contributed by atoms with Crippen LogP contribution in [-0.2, 0) is 6.42 Å². The Kier molecular flexibility index (Phi) is 2.72. The monoisotopic (exact) mass is 197 g/mol. The molecule has 0 spiro atoms. The Hall–Kier alpha value is -1.04. The number of hydrogen-bond donors (Lipinski definition) is 0. The van der Waals surface area contributed by atoms with E-state index in [1.165, 1.54) is 0 Å². The molecule has 0 unspecified atom stereocenters. The van der Waals surface area contributed by atoms with Gasteiger partial charge in [-0.25, -0.2) is 4.98 Å². The quantitative estimate of drug-likeness (QED) is 0.686. The molecule has 2 rings (SSSR count). The van der Waals surface area contributed by atoms with Crippen LogP contribution in [0.25, 0.3) is 10.9 Å². The Balaban J connectivity index is 2.70. The van der Waals surface area contributed by atoms with E-state index >= 15 is 0 Å². The van der Waals surface area contributed by atoms with Gasteiger partial charge in [0.2, 0.25) is 0 Å². The molecule has 0 aliphatic rings. The highest BCUT2D eigenvalue weighted by atomic mass is 27.1. The van der Waals surface area contributed by atoms with E-state index in [1.807, 2.05) is 30.3 Å². The molecule has 1 heterocycles. The molecule has 0 aliphatic carbocycles. The summed E-state index contributed by atoms with van der Waals surface area (Å²) in [4.78, 5) is 4.40. The smallest absolute Gasteiger partial charge is 0.482 e. The van der Waals surface area contributed by atoms with E-state index in [0.29, 0.717) is 6.42 Å². The van der Waals surface area contributed by atoms with E-state index in [9.17, 15) is 0 Å². The average molecular weight is 197 g/mol. The van der Waals surface area contributed by atoms with Crippen molar-refractivity contribution in [2.24, 2.45) is 0 Å². The van der Waals surface area contributed by atoms with Crippen molar-refractivity contribution in [2.75, 3.05) is 0 Å². The van der Waals surface area contributed by atoms with Crippen molar-refractivity contribution in [3.8, 4) is 5.75 Å². The Morgan fingerprint density at radius 2 is 2.14 bits per heavy atom. The van der Waals surface area contributed by atoms with E-state index in [4.69, 9.17) is 10.7 Å². The molecule has 0 fully saturated rings. The van der Waals surface area contributed by atoms with Crippen LogP contribution in [-0.4, -0.2) is 21.6 Å². The van der Waals surface area contributed by atoms with Gasteiger partial charge in [-0.05, 0) is 25.5 Å². The van der Waals surface area contributed by atoms with Crippen LogP contribution in [0.2, 0.25) is 0 Å². The third-order valence-electron chi connectivity index (χ3n) is 2.08. The Labute approximate surface area is 91.7 Å². The number of fused-ring (bicyclic) bond motifs is 1. The molecule has 0 saturated heterocycles. The van der Waals surface area contributed by atoms with Gasteiger partial charge in [0.25, 0.3) is 0 Å². The molecule has 66 valence electrons. The molecule has 0 amide bonds. The summed E-state index contributed by atoms with van der Waals surface area (Å²) < 4.78 is 5.14. The SMILES string of the molecule is [CH]Cc1ccc2cccc([O][Al])c2n1. The zero-order chi connectivity index (χ0) is 9.97. The summed E-state index contributed by atoms with van der Waals surface area (Å²) in [6.45, 7) is 5.52. The maximum atomic E-state index is 5.52. The highest BCUT2D eigenvalue weighted by Crippen LogP contribution is 2.23. The standard InChI is InChI=1S/C11H9NO.Al/c1-2-9-7-6-8-4-3-5-10(13)11(8)12-9;/h1,3-7,13H,2H2;/q;+1/p-1. The fourth-order valence-electron chi connectivity index (χ4n) is 1.37. The maximum Gasteiger partial charge on any atom is 0.482 e.